The number of rotatable bonds is 2. The molecule has 0 spiro atoms. The molecule has 0 aromatic heterocycles. The van der Waals surface area contributed by atoms with Crippen molar-refractivity contribution in [3.8, 4) is 11.1 Å². The number of aryl methyl sites for hydroxylation is 1. The third-order valence-corrected chi connectivity index (χ3v) is 3.56. The first kappa shape index (κ1) is 12.1. The lowest BCUT2D eigenvalue weighted by molar-refractivity contribution is 0.0696. The number of hydrogen-bond donors (Lipinski definition) is 1. The molecule has 0 radical (unpaired) electrons. The minimum absolute atomic E-state index is 0.377. The van der Waals surface area contributed by atoms with E-state index in [4.69, 9.17) is 0 Å². The molecule has 17 heavy (non-hydrogen) atoms. The van der Waals surface area contributed by atoms with Gasteiger partial charge in [0.25, 0.3) is 0 Å². The molecule has 2 aromatic rings. The molecule has 0 unspecified atom stereocenters. The summed E-state index contributed by atoms with van der Waals surface area (Å²) in [7, 11) is 0. The molecule has 0 bridgehead atoms. The highest BCUT2D eigenvalue weighted by Crippen LogP contribution is 2.29. The van der Waals surface area contributed by atoms with Crippen LogP contribution in [-0.2, 0) is 0 Å². The van der Waals surface area contributed by atoms with Crippen molar-refractivity contribution >= 4 is 28.6 Å². The lowest BCUT2D eigenvalue weighted by Crippen LogP contribution is -2.03. The van der Waals surface area contributed by atoms with Gasteiger partial charge in [-0.1, -0.05) is 36.4 Å². The van der Waals surface area contributed by atoms with Crippen LogP contribution in [-0.4, -0.2) is 11.1 Å². The summed E-state index contributed by atoms with van der Waals surface area (Å²) in [6.45, 7) is 1.99. The lowest BCUT2D eigenvalue weighted by atomic mass is 9.96. The van der Waals surface area contributed by atoms with E-state index in [2.05, 4.69) is 22.6 Å². The van der Waals surface area contributed by atoms with Crippen LogP contribution < -0.4 is 0 Å². The largest absolute Gasteiger partial charge is 0.478 e. The van der Waals surface area contributed by atoms with Gasteiger partial charge >= 0.3 is 5.97 Å². The highest BCUT2D eigenvalue weighted by molar-refractivity contribution is 14.1. The summed E-state index contributed by atoms with van der Waals surface area (Å²) in [6.07, 6.45) is 0. The summed E-state index contributed by atoms with van der Waals surface area (Å²) < 4.78 is 0.760. The van der Waals surface area contributed by atoms with Gasteiger partial charge in [-0.15, -0.1) is 0 Å². The van der Waals surface area contributed by atoms with Gasteiger partial charge in [0, 0.05) is 3.57 Å². The first-order valence-corrected chi connectivity index (χ1v) is 6.27. The van der Waals surface area contributed by atoms with Crippen molar-refractivity contribution in [2.45, 2.75) is 6.92 Å². The second-order valence-electron chi connectivity index (χ2n) is 3.78. The lowest BCUT2D eigenvalue weighted by Gasteiger charge is -2.10. The summed E-state index contributed by atoms with van der Waals surface area (Å²) in [5.41, 5.74) is 3.21. The summed E-state index contributed by atoms with van der Waals surface area (Å²) in [5.74, 6) is -0.881. The van der Waals surface area contributed by atoms with E-state index >= 15 is 0 Å². The molecule has 3 heteroatoms. The minimum Gasteiger partial charge on any atom is -0.478 e. The topological polar surface area (TPSA) is 37.3 Å². The second kappa shape index (κ2) is 4.87. The molecular weight excluding hydrogens is 327 g/mol. The minimum atomic E-state index is -0.881. The van der Waals surface area contributed by atoms with Crippen molar-refractivity contribution in [1.82, 2.24) is 0 Å². The van der Waals surface area contributed by atoms with Gasteiger partial charge in [0.1, 0.15) is 0 Å². The average Bonchev–Trinajstić information content (AvgIpc) is 2.28. The maximum atomic E-state index is 11.3. The molecule has 0 amide bonds. The van der Waals surface area contributed by atoms with Crippen LogP contribution in [0.25, 0.3) is 11.1 Å². The van der Waals surface area contributed by atoms with E-state index in [1.54, 1.807) is 0 Å². The number of carboxylic acid groups (broad SMARTS) is 1. The van der Waals surface area contributed by atoms with Gasteiger partial charge in [-0.2, -0.15) is 0 Å². The molecular formula is C14H11IO2. The summed E-state index contributed by atoms with van der Waals surface area (Å²) in [4.78, 5) is 11.3. The Labute approximate surface area is 113 Å². The van der Waals surface area contributed by atoms with Gasteiger partial charge in [-0.05, 0) is 52.3 Å². The van der Waals surface area contributed by atoms with E-state index in [0.29, 0.717) is 5.56 Å². The van der Waals surface area contributed by atoms with Crippen molar-refractivity contribution in [2.75, 3.05) is 0 Å². The molecule has 0 aliphatic rings. The van der Waals surface area contributed by atoms with Gasteiger partial charge in [0.05, 0.1) is 5.56 Å². The first-order valence-electron chi connectivity index (χ1n) is 5.19. The van der Waals surface area contributed by atoms with E-state index in [9.17, 15) is 9.90 Å². The Kier molecular flexibility index (Phi) is 3.47. The van der Waals surface area contributed by atoms with Gasteiger partial charge < -0.3 is 5.11 Å². The monoisotopic (exact) mass is 338 g/mol. The van der Waals surface area contributed by atoms with E-state index in [1.807, 2.05) is 49.4 Å². The zero-order valence-electron chi connectivity index (χ0n) is 9.27. The van der Waals surface area contributed by atoms with Crippen LogP contribution in [0.15, 0.2) is 42.5 Å². The van der Waals surface area contributed by atoms with E-state index in [-0.39, 0.29) is 0 Å². The van der Waals surface area contributed by atoms with E-state index in [0.717, 1.165) is 20.3 Å². The number of carbonyl (C=O) groups is 1. The van der Waals surface area contributed by atoms with Crippen LogP contribution in [0.1, 0.15) is 15.9 Å². The molecule has 2 rings (SSSR count). The Bertz CT molecular complexity index is 576. The number of halogens is 1. The van der Waals surface area contributed by atoms with E-state index < -0.39 is 5.97 Å². The Morgan fingerprint density at radius 2 is 1.71 bits per heavy atom. The molecule has 0 aliphatic heterocycles. The summed E-state index contributed by atoms with van der Waals surface area (Å²) in [5, 5.41) is 9.29. The molecule has 0 heterocycles. The van der Waals surface area contributed by atoms with Crippen molar-refractivity contribution in [3.63, 3.8) is 0 Å². The summed E-state index contributed by atoms with van der Waals surface area (Å²) in [6, 6.07) is 13.4. The summed E-state index contributed by atoms with van der Waals surface area (Å²) >= 11 is 2.06. The molecule has 2 aromatic carbocycles. The molecule has 0 saturated carbocycles. The zero-order valence-corrected chi connectivity index (χ0v) is 11.4. The van der Waals surface area contributed by atoms with Gasteiger partial charge in [-0.3, -0.25) is 0 Å². The zero-order chi connectivity index (χ0) is 12.4. The standard InChI is InChI=1S/C14H11IO2/c1-9-5-2-3-6-10(9)11-7-4-8-12(15)13(11)14(16)17/h2-8H,1H3,(H,16,17). The predicted molar refractivity (Wildman–Crippen MR) is 76.3 cm³/mol. The van der Waals surface area contributed by atoms with Crippen molar-refractivity contribution in [3.05, 3.63) is 57.2 Å². The van der Waals surface area contributed by atoms with Crippen LogP contribution in [0.4, 0.5) is 0 Å². The predicted octanol–water partition coefficient (Wildman–Crippen LogP) is 3.96. The Morgan fingerprint density at radius 3 is 2.35 bits per heavy atom. The van der Waals surface area contributed by atoms with Crippen LogP contribution in [0, 0.1) is 10.5 Å². The molecule has 1 N–H and O–H groups in total. The van der Waals surface area contributed by atoms with Crippen molar-refractivity contribution in [2.24, 2.45) is 0 Å². The molecule has 86 valence electrons. The third-order valence-electron chi connectivity index (χ3n) is 2.66. The molecule has 0 aliphatic carbocycles. The molecule has 0 atom stereocenters. The highest BCUT2D eigenvalue weighted by atomic mass is 127. The van der Waals surface area contributed by atoms with Gasteiger partial charge in [0.2, 0.25) is 0 Å². The fourth-order valence-corrected chi connectivity index (χ4v) is 2.57. The van der Waals surface area contributed by atoms with Crippen LogP contribution >= 0.6 is 22.6 Å². The fraction of sp³-hybridized carbons (Fsp3) is 0.0714. The molecule has 2 nitrogen and oxygen atoms in total. The van der Waals surface area contributed by atoms with E-state index in [1.165, 1.54) is 0 Å². The second-order valence-corrected chi connectivity index (χ2v) is 4.94. The van der Waals surface area contributed by atoms with Crippen LogP contribution in [0.5, 0.6) is 0 Å². The number of hydrogen-bond acceptors (Lipinski definition) is 1. The Hall–Kier alpha value is -1.36. The maximum Gasteiger partial charge on any atom is 0.337 e. The van der Waals surface area contributed by atoms with Crippen LogP contribution in [0.3, 0.4) is 0 Å². The number of carboxylic acids is 1. The number of aromatic carboxylic acids is 1. The van der Waals surface area contributed by atoms with Gasteiger partial charge in [-0.25, -0.2) is 4.79 Å². The Morgan fingerprint density at radius 1 is 1.06 bits per heavy atom. The van der Waals surface area contributed by atoms with Crippen molar-refractivity contribution in [1.29, 1.82) is 0 Å². The molecule has 0 fully saturated rings. The SMILES string of the molecule is Cc1ccccc1-c1cccc(I)c1C(=O)O. The average molecular weight is 338 g/mol. The maximum absolute atomic E-state index is 11.3. The van der Waals surface area contributed by atoms with Gasteiger partial charge in [0.15, 0.2) is 0 Å². The Balaban J connectivity index is 2.72. The number of benzene rings is 2. The highest BCUT2D eigenvalue weighted by Gasteiger charge is 2.15. The quantitative estimate of drug-likeness (QED) is 0.842. The van der Waals surface area contributed by atoms with Crippen LogP contribution in [0.2, 0.25) is 0 Å². The third kappa shape index (κ3) is 2.34. The normalized spacial score (nSPS) is 10.2. The molecule has 0 saturated heterocycles. The smallest absolute Gasteiger partial charge is 0.337 e. The fourth-order valence-electron chi connectivity index (χ4n) is 1.84. The first-order chi connectivity index (χ1) is 8.11. The van der Waals surface area contributed by atoms with Crippen molar-refractivity contribution < 1.29 is 9.90 Å².